The number of hydrogen-bond donors (Lipinski definition) is 1. The van der Waals surface area contributed by atoms with Gasteiger partial charge in [0.2, 0.25) is 5.95 Å². The van der Waals surface area contributed by atoms with Crippen LogP contribution >= 0.6 is 0 Å². The molecule has 1 aromatic carbocycles. The molecule has 0 bridgehead atoms. The smallest absolute Gasteiger partial charge is 0.222 e. The van der Waals surface area contributed by atoms with Crippen molar-refractivity contribution in [3.8, 4) is 11.5 Å². The van der Waals surface area contributed by atoms with Gasteiger partial charge in [-0.05, 0) is 51.3 Å². The Hall–Kier alpha value is -2.34. The Labute approximate surface area is 168 Å². The van der Waals surface area contributed by atoms with Crippen molar-refractivity contribution in [2.75, 3.05) is 32.6 Å². The topological polar surface area (TPSA) is 59.5 Å². The van der Waals surface area contributed by atoms with E-state index in [0.717, 1.165) is 37.0 Å². The van der Waals surface area contributed by atoms with Crippen LogP contribution in [0.1, 0.15) is 38.2 Å². The Balaban J connectivity index is 1.56. The molecule has 1 saturated carbocycles. The van der Waals surface area contributed by atoms with Crippen LogP contribution in [0.25, 0.3) is 0 Å². The highest BCUT2D eigenvalue weighted by Crippen LogP contribution is 2.32. The fraction of sp³-hybridized carbons (Fsp3) is 0.545. The second-order valence-electron chi connectivity index (χ2n) is 7.52. The van der Waals surface area contributed by atoms with E-state index in [1.54, 1.807) is 19.5 Å². The molecule has 6 nitrogen and oxygen atoms in total. The van der Waals surface area contributed by atoms with Gasteiger partial charge in [0.05, 0.1) is 13.7 Å². The third-order valence-corrected chi connectivity index (χ3v) is 5.26. The maximum Gasteiger partial charge on any atom is 0.222 e. The Morgan fingerprint density at radius 1 is 1.18 bits per heavy atom. The van der Waals surface area contributed by atoms with Crippen LogP contribution in [0.15, 0.2) is 36.7 Å². The zero-order valence-electron chi connectivity index (χ0n) is 17.2. The van der Waals surface area contributed by atoms with Crippen LogP contribution in [-0.4, -0.2) is 48.2 Å². The summed E-state index contributed by atoms with van der Waals surface area (Å²) >= 11 is 0. The number of nitrogens with zero attached hydrogens (tertiary/aromatic N) is 3. The van der Waals surface area contributed by atoms with Crippen LogP contribution in [0.3, 0.4) is 0 Å². The molecular formula is C22H32N4O2. The Kier molecular flexibility index (Phi) is 7.48. The predicted octanol–water partition coefficient (Wildman–Crippen LogP) is 3.99. The highest BCUT2D eigenvalue weighted by Gasteiger charge is 2.24. The molecule has 152 valence electrons. The van der Waals surface area contributed by atoms with Crippen molar-refractivity contribution in [1.29, 1.82) is 0 Å². The fourth-order valence-corrected chi connectivity index (χ4v) is 4.09. The molecular weight excluding hydrogens is 352 g/mol. The molecule has 1 N–H and O–H groups in total. The SMILES string of the molecule is CCOc1c(CN(C)C[C@@H]2CCC[C@@H](Nc3ncccn3)C2)cccc1OC. The first-order valence-electron chi connectivity index (χ1n) is 10.2. The number of benzene rings is 1. The lowest BCUT2D eigenvalue weighted by Gasteiger charge is -2.32. The van der Waals surface area contributed by atoms with E-state index in [1.165, 1.54) is 24.8 Å². The molecule has 2 atom stereocenters. The molecule has 0 aliphatic heterocycles. The van der Waals surface area contributed by atoms with Gasteiger partial charge in [0, 0.05) is 37.1 Å². The van der Waals surface area contributed by atoms with Crippen molar-refractivity contribution < 1.29 is 9.47 Å². The number of para-hydroxylation sites is 1. The van der Waals surface area contributed by atoms with Gasteiger partial charge in [-0.1, -0.05) is 18.6 Å². The summed E-state index contributed by atoms with van der Waals surface area (Å²) < 4.78 is 11.3. The van der Waals surface area contributed by atoms with Crippen LogP contribution in [0.5, 0.6) is 11.5 Å². The molecule has 1 aliphatic rings. The van der Waals surface area contributed by atoms with E-state index < -0.39 is 0 Å². The minimum absolute atomic E-state index is 0.449. The molecule has 28 heavy (non-hydrogen) atoms. The molecule has 6 heteroatoms. The molecule has 0 amide bonds. The number of ether oxygens (including phenoxy) is 2. The quantitative estimate of drug-likeness (QED) is 0.705. The number of aromatic nitrogens is 2. The lowest BCUT2D eigenvalue weighted by atomic mass is 9.85. The van der Waals surface area contributed by atoms with Gasteiger partial charge in [-0.3, -0.25) is 0 Å². The van der Waals surface area contributed by atoms with Gasteiger partial charge in [-0.2, -0.15) is 0 Å². The fourth-order valence-electron chi connectivity index (χ4n) is 4.09. The first-order chi connectivity index (χ1) is 13.7. The highest BCUT2D eigenvalue weighted by molar-refractivity contribution is 5.46. The van der Waals surface area contributed by atoms with Crippen LogP contribution < -0.4 is 14.8 Å². The van der Waals surface area contributed by atoms with Gasteiger partial charge < -0.3 is 19.7 Å². The van der Waals surface area contributed by atoms with Gasteiger partial charge in [-0.15, -0.1) is 0 Å². The summed E-state index contributed by atoms with van der Waals surface area (Å²) in [5.74, 6) is 3.07. The maximum absolute atomic E-state index is 5.86. The van der Waals surface area contributed by atoms with Gasteiger partial charge in [0.1, 0.15) is 0 Å². The van der Waals surface area contributed by atoms with Crippen LogP contribution in [0.4, 0.5) is 5.95 Å². The molecule has 3 rings (SSSR count). The second-order valence-corrected chi connectivity index (χ2v) is 7.52. The summed E-state index contributed by atoms with van der Waals surface area (Å²) in [6.45, 7) is 4.56. The lowest BCUT2D eigenvalue weighted by Crippen LogP contribution is -2.34. The number of rotatable bonds is 9. The average molecular weight is 385 g/mol. The normalized spacial score (nSPS) is 19.4. The van der Waals surface area contributed by atoms with Crippen LogP contribution in [0, 0.1) is 5.92 Å². The molecule has 0 spiro atoms. The van der Waals surface area contributed by atoms with Gasteiger partial charge in [0.25, 0.3) is 0 Å². The number of hydrogen-bond acceptors (Lipinski definition) is 6. The van der Waals surface area contributed by atoms with Gasteiger partial charge >= 0.3 is 0 Å². The highest BCUT2D eigenvalue weighted by atomic mass is 16.5. The Morgan fingerprint density at radius 3 is 2.75 bits per heavy atom. The molecule has 0 radical (unpaired) electrons. The first kappa shape index (κ1) is 20.4. The van der Waals surface area contributed by atoms with Crippen molar-refractivity contribution in [3.63, 3.8) is 0 Å². The summed E-state index contributed by atoms with van der Waals surface area (Å²) in [5, 5.41) is 3.50. The molecule has 2 aromatic rings. The Bertz CT molecular complexity index is 726. The van der Waals surface area contributed by atoms with Crippen LogP contribution in [0.2, 0.25) is 0 Å². The van der Waals surface area contributed by atoms with E-state index >= 15 is 0 Å². The second kappa shape index (κ2) is 10.3. The largest absolute Gasteiger partial charge is 0.493 e. The third kappa shape index (κ3) is 5.58. The standard InChI is InChI=1S/C22H32N4O2/c1-4-28-21-18(9-6-11-20(21)27-3)16-26(2)15-17-8-5-10-19(14-17)25-22-23-12-7-13-24-22/h6-7,9,11-13,17,19H,4-5,8,10,14-16H2,1-3H3,(H,23,24,25)/t17-,19-/m1/s1. The number of anilines is 1. The number of nitrogens with one attached hydrogen (secondary N) is 1. The molecule has 0 unspecified atom stereocenters. The minimum atomic E-state index is 0.449. The van der Waals surface area contributed by atoms with E-state index in [-0.39, 0.29) is 0 Å². The summed E-state index contributed by atoms with van der Waals surface area (Å²) in [6.07, 6.45) is 8.42. The summed E-state index contributed by atoms with van der Waals surface area (Å²) in [6, 6.07) is 8.41. The minimum Gasteiger partial charge on any atom is -0.493 e. The molecule has 1 heterocycles. The van der Waals surface area contributed by atoms with Crippen molar-refractivity contribution in [2.24, 2.45) is 5.92 Å². The lowest BCUT2D eigenvalue weighted by molar-refractivity contribution is 0.217. The van der Waals surface area contributed by atoms with Crippen molar-refractivity contribution in [3.05, 3.63) is 42.2 Å². The van der Waals surface area contributed by atoms with E-state index in [4.69, 9.17) is 9.47 Å². The summed E-state index contributed by atoms with van der Waals surface area (Å²) in [7, 11) is 3.88. The molecule has 0 saturated heterocycles. The van der Waals surface area contributed by atoms with E-state index in [0.29, 0.717) is 18.6 Å². The zero-order chi connectivity index (χ0) is 19.8. The van der Waals surface area contributed by atoms with Crippen molar-refractivity contribution in [1.82, 2.24) is 14.9 Å². The molecule has 1 aromatic heterocycles. The summed E-state index contributed by atoms with van der Waals surface area (Å²) in [5.41, 5.74) is 1.17. The van der Waals surface area contributed by atoms with Crippen LogP contribution in [-0.2, 0) is 6.54 Å². The predicted molar refractivity (Wildman–Crippen MR) is 112 cm³/mol. The van der Waals surface area contributed by atoms with Crippen molar-refractivity contribution >= 4 is 5.95 Å². The van der Waals surface area contributed by atoms with Gasteiger partial charge in [-0.25, -0.2) is 9.97 Å². The maximum atomic E-state index is 5.86. The van der Waals surface area contributed by atoms with E-state index in [9.17, 15) is 0 Å². The first-order valence-corrected chi connectivity index (χ1v) is 10.2. The summed E-state index contributed by atoms with van der Waals surface area (Å²) in [4.78, 5) is 11.0. The molecule has 1 fully saturated rings. The van der Waals surface area contributed by atoms with Crippen molar-refractivity contribution in [2.45, 2.75) is 45.2 Å². The van der Waals surface area contributed by atoms with Gasteiger partial charge in [0.15, 0.2) is 11.5 Å². The third-order valence-electron chi connectivity index (χ3n) is 5.26. The Morgan fingerprint density at radius 2 is 2.00 bits per heavy atom. The monoisotopic (exact) mass is 384 g/mol. The number of methoxy groups -OCH3 is 1. The average Bonchev–Trinajstić information content (AvgIpc) is 2.70. The zero-order valence-corrected chi connectivity index (χ0v) is 17.2. The van der Waals surface area contributed by atoms with E-state index in [2.05, 4.69) is 33.3 Å². The molecule has 1 aliphatic carbocycles. The van der Waals surface area contributed by atoms with E-state index in [1.807, 2.05) is 25.1 Å².